The molecule has 2 heterocycles. The van der Waals surface area contributed by atoms with Crippen molar-refractivity contribution >= 4 is 21.6 Å². The van der Waals surface area contributed by atoms with Crippen molar-refractivity contribution in [1.82, 2.24) is 19.7 Å². The van der Waals surface area contributed by atoms with Crippen LogP contribution >= 0.6 is 21.6 Å². The van der Waals surface area contributed by atoms with E-state index in [4.69, 9.17) is 0 Å². The van der Waals surface area contributed by atoms with E-state index in [9.17, 15) is 18.3 Å². The van der Waals surface area contributed by atoms with Crippen molar-refractivity contribution in [2.75, 3.05) is 0 Å². The molecule has 0 aliphatic rings. The molecule has 1 N–H and O–H groups in total. The number of aliphatic hydroxyl groups is 1. The predicted molar refractivity (Wildman–Crippen MR) is 103 cm³/mol. The highest BCUT2D eigenvalue weighted by Crippen LogP contribution is 2.41. The molecule has 0 unspecified atom stereocenters. The monoisotopic (exact) mass is 426 g/mol. The third-order valence-electron chi connectivity index (χ3n) is 4.13. The van der Waals surface area contributed by atoms with Gasteiger partial charge in [0.1, 0.15) is 29.9 Å². The standard InChI is InChI=1S/C18H17F3N4OS2/c1-12(28-27-8-14-3-2-4-17(21)24-14)18(26,9-25-11-22-10-23-25)15-7-13(19)5-6-16(15)20/h2-7,10-12,26H,8-9H2,1H3/t12-,18-/m1/s1. The summed E-state index contributed by atoms with van der Waals surface area (Å²) in [6.45, 7) is 1.60. The van der Waals surface area contributed by atoms with E-state index in [1.165, 1.54) is 45.0 Å². The number of pyridine rings is 1. The van der Waals surface area contributed by atoms with Gasteiger partial charge in [-0.1, -0.05) is 27.7 Å². The van der Waals surface area contributed by atoms with Crippen molar-refractivity contribution in [2.24, 2.45) is 0 Å². The van der Waals surface area contributed by atoms with E-state index in [2.05, 4.69) is 15.1 Å². The molecule has 2 atom stereocenters. The van der Waals surface area contributed by atoms with Gasteiger partial charge in [0.25, 0.3) is 0 Å². The first-order valence-corrected chi connectivity index (χ1v) is 10.7. The summed E-state index contributed by atoms with van der Waals surface area (Å²) in [6.07, 6.45) is 2.69. The molecule has 0 saturated carbocycles. The van der Waals surface area contributed by atoms with Gasteiger partial charge in [0.15, 0.2) is 0 Å². The van der Waals surface area contributed by atoms with Crippen molar-refractivity contribution in [3.8, 4) is 0 Å². The molecule has 1 aromatic carbocycles. The van der Waals surface area contributed by atoms with E-state index in [0.717, 1.165) is 18.2 Å². The second-order valence-electron chi connectivity index (χ2n) is 6.09. The van der Waals surface area contributed by atoms with E-state index in [0.29, 0.717) is 11.4 Å². The summed E-state index contributed by atoms with van der Waals surface area (Å²) in [4.78, 5) is 7.61. The van der Waals surface area contributed by atoms with Gasteiger partial charge in [-0.25, -0.2) is 23.4 Å². The molecule has 3 rings (SSSR count). The maximum absolute atomic E-state index is 14.4. The van der Waals surface area contributed by atoms with Crippen molar-refractivity contribution in [1.29, 1.82) is 0 Å². The molecule has 2 aromatic heterocycles. The number of hydrogen-bond donors (Lipinski definition) is 1. The molecule has 148 valence electrons. The third-order valence-corrected chi connectivity index (χ3v) is 6.99. The van der Waals surface area contributed by atoms with E-state index >= 15 is 0 Å². The minimum atomic E-state index is -1.76. The fourth-order valence-corrected chi connectivity index (χ4v) is 5.20. The Balaban J connectivity index is 1.80. The van der Waals surface area contributed by atoms with Gasteiger partial charge in [0, 0.05) is 16.6 Å². The number of aromatic nitrogens is 4. The van der Waals surface area contributed by atoms with Gasteiger partial charge >= 0.3 is 0 Å². The lowest BCUT2D eigenvalue weighted by molar-refractivity contribution is 0.0134. The lowest BCUT2D eigenvalue weighted by Crippen LogP contribution is -2.41. The van der Waals surface area contributed by atoms with Crippen LogP contribution in [0.3, 0.4) is 0 Å². The van der Waals surface area contributed by atoms with Crippen molar-refractivity contribution in [3.63, 3.8) is 0 Å². The first-order chi connectivity index (χ1) is 13.4. The van der Waals surface area contributed by atoms with Gasteiger partial charge in [-0.15, -0.1) is 0 Å². The Morgan fingerprint density at radius 1 is 1.21 bits per heavy atom. The van der Waals surface area contributed by atoms with Crippen LogP contribution in [0.25, 0.3) is 0 Å². The highest BCUT2D eigenvalue weighted by atomic mass is 33.1. The van der Waals surface area contributed by atoms with Crippen LogP contribution in [0.2, 0.25) is 0 Å². The molecule has 0 radical (unpaired) electrons. The lowest BCUT2D eigenvalue weighted by atomic mass is 9.90. The Bertz CT molecular complexity index is 929. The first kappa shape index (κ1) is 20.7. The SMILES string of the molecule is C[C@@H](SSCc1cccc(F)n1)[C@](O)(Cn1cncn1)c1cc(F)ccc1F. The molecule has 3 aromatic rings. The zero-order chi connectivity index (χ0) is 20.1. The van der Waals surface area contributed by atoms with Crippen molar-refractivity contribution in [2.45, 2.75) is 30.1 Å². The maximum Gasteiger partial charge on any atom is 0.213 e. The number of benzene rings is 1. The Morgan fingerprint density at radius 2 is 2.04 bits per heavy atom. The number of hydrogen-bond acceptors (Lipinski definition) is 6. The van der Waals surface area contributed by atoms with E-state index in [1.807, 2.05) is 0 Å². The molecular formula is C18H17F3N4OS2. The molecule has 0 aliphatic carbocycles. The summed E-state index contributed by atoms with van der Waals surface area (Å²) >= 11 is 0. The predicted octanol–water partition coefficient (Wildman–Crippen LogP) is 3.95. The quantitative estimate of drug-likeness (QED) is 0.435. The van der Waals surface area contributed by atoms with E-state index in [1.54, 1.807) is 19.1 Å². The maximum atomic E-state index is 14.4. The van der Waals surface area contributed by atoms with Crippen LogP contribution in [0.4, 0.5) is 13.2 Å². The molecular weight excluding hydrogens is 409 g/mol. The Hall–Kier alpha value is -2.04. The molecule has 0 fully saturated rings. The molecule has 0 bridgehead atoms. The van der Waals surface area contributed by atoms with Gasteiger partial charge in [0.05, 0.1) is 12.2 Å². The largest absolute Gasteiger partial charge is 0.382 e. The zero-order valence-corrected chi connectivity index (χ0v) is 16.4. The van der Waals surface area contributed by atoms with Crippen LogP contribution in [-0.4, -0.2) is 30.1 Å². The van der Waals surface area contributed by atoms with Gasteiger partial charge < -0.3 is 5.11 Å². The summed E-state index contributed by atoms with van der Waals surface area (Å²) in [5.74, 6) is -1.55. The summed E-state index contributed by atoms with van der Waals surface area (Å²) in [5.41, 5.74) is -1.37. The second kappa shape index (κ2) is 8.97. The number of nitrogens with zero attached hydrogens (tertiary/aromatic N) is 4. The number of rotatable bonds is 8. The normalized spacial score (nSPS) is 14.6. The lowest BCUT2D eigenvalue weighted by Gasteiger charge is -2.34. The molecule has 0 saturated heterocycles. The second-order valence-corrected chi connectivity index (χ2v) is 8.80. The van der Waals surface area contributed by atoms with Crippen LogP contribution in [-0.2, 0) is 17.9 Å². The van der Waals surface area contributed by atoms with Crippen molar-refractivity contribution in [3.05, 3.63) is 77.9 Å². The Labute approximate surface area is 167 Å². The van der Waals surface area contributed by atoms with Crippen LogP contribution in [0, 0.1) is 17.6 Å². The summed E-state index contributed by atoms with van der Waals surface area (Å²) in [7, 11) is 2.60. The van der Waals surface area contributed by atoms with Crippen molar-refractivity contribution < 1.29 is 18.3 Å². The van der Waals surface area contributed by atoms with Crippen LogP contribution in [0.5, 0.6) is 0 Å². The van der Waals surface area contributed by atoms with Gasteiger partial charge in [-0.2, -0.15) is 9.49 Å². The molecule has 28 heavy (non-hydrogen) atoms. The molecule has 5 nitrogen and oxygen atoms in total. The highest BCUT2D eigenvalue weighted by Gasteiger charge is 2.40. The van der Waals surface area contributed by atoms with Crippen LogP contribution in [0.15, 0.2) is 49.1 Å². The fraction of sp³-hybridized carbons (Fsp3) is 0.278. The Morgan fingerprint density at radius 3 is 2.75 bits per heavy atom. The van der Waals surface area contributed by atoms with Gasteiger partial charge in [-0.3, -0.25) is 0 Å². The van der Waals surface area contributed by atoms with Crippen LogP contribution in [0.1, 0.15) is 18.2 Å². The summed E-state index contributed by atoms with van der Waals surface area (Å²) < 4.78 is 42.8. The molecule has 0 spiro atoms. The topological polar surface area (TPSA) is 63.8 Å². The summed E-state index contributed by atoms with van der Waals surface area (Å²) in [5, 5.41) is 14.8. The molecule has 0 aliphatic heterocycles. The van der Waals surface area contributed by atoms with Gasteiger partial charge in [-0.05, 0) is 37.3 Å². The zero-order valence-electron chi connectivity index (χ0n) is 14.8. The van der Waals surface area contributed by atoms with E-state index in [-0.39, 0.29) is 12.1 Å². The summed E-state index contributed by atoms with van der Waals surface area (Å²) in [6, 6.07) is 7.48. The molecule has 10 heteroatoms. The fourth-order valence-electron chi connectivity index (χ4n) is 2.63. The third kappa shape index (κ3) is 4.86. The average Bonchev–Trinajstić information content (AvgIpc) is 3.16. The molecule has 0 amide bonds. The highest BCUT2D eigenvalue weighted by molar-refractivity contribution is 8.76. The minimum absolute atomic E-state index is 0.111. The van der Waals surface area contributed by atoms with Crippen LogP contribution < -0.4 is 0 Å². The van der Waals surface area contributed by atoms with Gasteiger partial charge in [0.2, 0.25) is 5.95 Å². The minimum Gasteiger partial charge on any atom is -0.382 e. The first-order valence-electron chi connectivity index (χ1n) is 8.28. The number of halogens is 3. The average molecular weight is 426 g/mol. The Kier molecular flexibility index (Phi) is 6.63. The van der Waals surface area contributed by atoms with E-state index < -0.39 is 28.4 Å². The smallest absolute Gasteiger partial charge is 0.213 e.